The van der Waals surface area contributed by atoms with E-state index in [1.807, 2.05) is 19.1 Å². The highest BCUT2D eigenvalue weighted by Gasteiger charge is 2.18. The summed E-state index contributed by atoms with van der Waals surface area (Å²) in [6, 6.07) is 6.94. The quantitative estimate of drug-likeness (QED) is 0.512. The number of anilines is 1. The molecule has 6 nitrogen and oxygen atoms in total. The highest BCUT2D eigenvalue weighted by molar-refractivity contribution is 5.93. The molecule has 0 spiro atoms. The number of nitrogen functional groups attached to an aromatic ring is 1. The zero-order valence-electron chi connectivity index (χ0n) is 17.7. The number of nitrogens with zero attached hydrogens (tertiary/aromatic N) is 2. The lowest BCUT2D eigenvalue weighted by atomic mass is 9.89. The third-order valence-corrected chi connectivity index (χ3v) is 5.85. The van der Waals surface area contributed by atoms with Crippen LogP contribution >= 0.6 is 0 Å². The second-order valence-electron chi connectivity index (χ2n) is 7.80. The van der Waals surface area contributed by atoms with Crippen molar-refractivity contribution in [3.05, 3.63) is 65.7 Å². The smallest absolute Gasteiger partial charge is 0.319 e. The molecule has 0 bridgehead atoms. The third-order valence-electron chi connectivity index (χ3n) is 5.85. The van der Waals surface area contributed by atoms with Gasteiger partial charge in [0, 0.05) is 16.6 Å². The number of aryl methyl sites for hydroxylation is 1. The van der Waals surface area contributed by atoms with Gasteiger partial charge >= 0.3 is 6.01 Å². The van der Waals surface area contributed by atoms with Crippen molar-refractivity contribution in [3.63, 3.8) is 0 Å². The van der Waals surface area contributed by atoms with Crippen molar-refractivity contribution in [2.75, 3.05) is 18.8 Å². The Morgan fingerprint density at radius 1 is 1.33 bits per heavy atom. The van der Waals surface area contributed by atoms with Crippen LogP contribution in [-0.4, -0.2) is 28.2 Å². The number of piperidine rings is 1. The van der Waals surface area contributed by atoms with Crippen LogP contribution in [0.2, 0.25) is 0 Å². The van der Waals surface area contributed by atoms with Gasteiger partial charge in [-0.15, -0.1) is 0 Å². The number of hydrogen-bond donors (Lipinski definition) is 3. The van der Waals surface area contributed by atoms with Crippen LogP contribution in [0.15, 0.2) is 47.5 Å². The third kappa shape index (κ3) is 3.96. The Labute approximate surface area is 176 Å². The number of fused-ring (bicyclic) bond motifs is 1. The second-order valence-corrected chi connectivity index (χ2v) is 7.80. The molecule has 1 fully saturated rings. The van der Waals surface area contributed by atoms with Gasteiger partial charge in [0.1, 0.15) is 0 Å². The highest BCUT2D eigenvalue weighted by atomic mass is 16.5. The fraction of sp³-hybridized carbons (Fsp3) is 0.333. The number of rotatable bonds is 6. The van der Waals surface area contributed by atoms with E-state index >= 15 is 0 Å². The Hall–Kier alpha value is -3.12. The van der Waals surface area contributed by atoms with Crippen molar-refractivity contribution in [2.45, 2.75) is 39.0 Å². The van der Waals surface area contributed by atoms with Crippen molar-refractivity contribution in [3.8, 4) is 0 Å². The van der Waals surface area contributed by atoms with Gasteiger partial charge in [-0.1, -0.05) is 36.9 Å². The monoisotopic (exact) mass is 403 g/mol. The number of nitrogens with two attached hydrogens (primary N) is 1. The average molecular weight is 404 g/mol. The van der Waals surface area contributed by atoms with Gasteiger partial charge in [0.2, 0.25) is 0 Å². The van der Waals surface area contributed by atoms with Crippen LogP contribution in [0.4, 0.5) is 6.01 Å². The van der Waals surface area contributed by atoms with E-state index in [1.54, 1.807) is 6.08 Å². The molecule has 1 aliphatic rings. The molecule has 1 aromatic carbocycles. The van der Waals surface area contributed by atoms with Gasteiger partial charge in [0.05, 0.1) is 0 Å². The molecule has 6 heteroatoms. The molecule has 3 heterocycles. The molecule has 0 unspecified atom stereocenters. The number of aromatic nitrogens is 3. The van der Waals surface area contributed by atoms with E-state index in [9.17, 15) is 0 Å². The minimum Gasteiger partial charge on any atom is -0.354 e. The van der Waals surface area contributed by atoms with Gasteiger partial charge in [0.15, 0.2) is 5.82 Å². The number of hydrogen-bond acceptors (Lipinski definition) is 5. The minimum atomic E-state index is 0.0669. The molecule has 0 atom stereocenters. The van der Waals surface area contributed by atoms with Crippen LogP contribution in [0.1, 0.15) is 55.3 Å². The summed E-state index contributed by atoms with van der Waals surface area (Å²) < 4.78 is 4.92. The molecule has 0 aliphatic carbocycles. The minimum absolute atomic E-state index is 0.0669. The summed E-state index contributed by atoms with van der Waals surface area (Å²) >= 11 is 0. The van der Waals surface area contributed by atoms with Crippen LogP contribution in [0, 0.1) is 0 Å². The summed E-state index contributed by atoms with van der Waals surface area (Å²) in [7, 11) is 0. The molecule has 0 saturated carbocycles. The van der Waals surface area contributed by atoms with Crippen LogP contribution < -0.4 is 11.1 Å². The van der Waals surface area contributed by atoms with Crippen molar-refractivity contribution in [1.29, 1.82) is 0 Å². The molecule has 4 rings (SSSR count). The largest absolute Gasteiger partial charge is 0.354 e. The predicted molar refractivity (Wildman–Crippen MR) is 123 cm³/mol. The lowest BCUT2D eigenvalue weighted by Gasteiger charge is -2.23. The lowest BCUT2D eigenvalue weighted by molar-refractivity contribution is 0.432. The van der Waals surface area contributed by atoms with Crippen molar-refractivity contribution in [2.24, 2.45) is 0 Å². The molecule has 30 heavy (non-hydrogen) atoms. The Balaban J connectivity index is 1.77. The molecule has 2 aromatic heterocycles. The summed E-state index contributed by atoms with van der Waals surface area (Å²) in [5.74, 6) is 1.12. The Morgan fingerprint density at radius 2 is 2.13 bits per heavy atom. The molecule has 156 valence electrons. The van der Waals surface area contributed by atoms with Crippen LogP contribution in [-0.2, 0) is 6.42 Å². The van der Waals surface area contributed by atoms with E-state index < -0.39 is 0 Å². The zero-order chi connectivity index (χ0) is 21.1. The van der Waals surface area contributed by atoms with E-state index in [4.69, 9.17) is 10.3 Å². The summed E-state index contributed by atoms with van der Waals surface area (Å²) in [6.45, 7) is 10.2. The normalized spacial score (nSPS) is 16.3. The van der Waals surface area contributed by atoms with Crippen molar-refractivity contribution < 1.29 is 4.52 Å². The van der Waals surface area contributed by atoms with E-state index in [0.29, 0.717) is 11.7 Å². The van der Waals surface area contributed by atoms with Gasteiger partial charge in [-0.2, -0.15) is 4.98 Å². The topological polar surface area (TPSA) is 92.8 Å². The van der Waals surface area contributed by atoms with Crippen LogP contribution in [0.25, 0.3) is 22.0 Å². The predicted octanol–water partition coefficient (Wildman–Crippen LogP) is 4.84. The molecule has 0 radical (unpaired) electrons. The lowest BCUT2D eigenvalue weighted by Crippen LogP contribution is -2.26. The standard InChI is InChI=1S/C24H29N5O/c1-4-6-18(13-15(3)23-28-24(25)30-29-23)22-19(5-2)20-14-17(7-8-21(20)27-22)16-9-11-26-12-10-16/h4,6-8,13-14,16,26-27H,1,5,9-12H2,2-3H3,(H2,25,28,29)/b15-13+,18-6+. The molecule has 3 aromatic rings. The number of benzene rings is 1. The number of nitrogens with one attached hydrogen (secondary N) is 2. The Kier molecular flexibility index (Phi) is 5.86. The Morgan fingerprint density at radius 3 is 2.80 bits per heavy atom. The second kappa shape index (κ2) is 8.71. The fourth-order valence-corrected chi connectivity index (χ4v) is 4.31. The average Bonchev–Trinajstić information content (AvgIpc) is 3.36. The van der Waals surface area contributed by atoms with E-state index in [1.165, 1.54) is 29.4 Å². The molecule has 1 saturated heterocycles. The van der Waals surface area contributed by atoms with Crippen LogP contribution in [0.5, 0.6) is 0 Å². The fourth-order valence-electron chi connectivity index (χ4n) is 4.31. The Bertz CT molecular complexity index is 1110. The van der Waals surface area contributed by atoms with Gasteiger partial charge in [-0.3, -0.25) is 0 Å². The van der Waals surface area contributed by atoms with Gasteiger partial charge in [-0.25, -0.2) is 0 Å². The van der Waals surface area contributed by atoms with Crippen LogP contribution in [0.3, 0.4) is 0 Å². The maximum atomic E-state index is 5.58. The summed E-state index contributed by atoms with van der Waals surface area (Å²) in [5.41, 5.74) is 12.5. The first-order valence-corrected chi connectivity index (χ1v) is 10.6. The maximum absolute atomic E-state index is 5.58. The van der Waals surface area contributed by atoms with Crippen molar-refractivity contribution in [1.82, 2.24) is 20.4 Å². The number of H-pyrrole nitrogens is 1. The summed E-state index contributed by atoms with van der Waals surface area (Å²) in [5, 5.41) is 8.68. The van der Waals surface area contributed by atoms with E-state index in [-0.39, 0.29) is 6.01 Å². The molecule has 1 aliphatic heterocycles. The first-order chi connectivity index (χ1) is 14.6. The molecular formula is C24H29N5O. The maximum Gasteiger partial charge on any atom is 0.319 e. The first-order valence-electron chi connectivity index (χ1n) is 10.6. The SMILES string of the molecule is C=C/C=C(\C=C(/C)c1noc(N)n1)c1[nH]c2ccc(C3CCNCC3)cc2c1CC. The van der Waals surface area contributed by atoms with E-state index in [0.717, 1.165) is 41.9 Å². The number of allylic oxidation sites excluding steroid dienone is 5. The zero-order valence-corrected chi connectivity index (χ0v) is 17.7. The first kappa shape index (κ1) is 20.2. The molecular weight excluding hydrogens is 374 g/mol. The summed E-state index contributed by atoms with van der Waals surface area (Å²) in [4.78, 5) is 7.76. The van der Waals surface area contributed by atoms with Gasteiger partial charge < -0.3 is 20.6 Å². The van der Waals surface area contributed by atoms with Gasteiger partial charge in [-0.05, 0) is 85.7 Å². The number of aromatic amines is 1. The molecule has 0 amide bonds. The van der Waals surface area contributed by atoms with Gasteiger partial charge in [0.25, 0.3) is 0 Å². The highest BCUT2D eigenvalue weighted by Crippen LogP contribution is 2.34. The molecule has 4 N–H and O–H groups in total. The van der Waals surface area contributed by atoms with E-state index in [2.05, 4.69) is 52.1 Å². The van der Waals surface area contributed by atoms with Crippen molar-refractivity contribution >= 4 is 28.1 Å². The summed E-state index contributed by atoms with van der Waals surface area (Å²) in [6.07, 6.45) is 9.17.